The number of anilines is 2. The van der Waals surface area contributed by atoms with Gasteiger partial charge < -0.3 is 36.5 Å². The van der Waals surface area contributed by atoms with Gasteiger partial charge in [-0.3, -0.25) is 4.79 Å². The number of hydrogen-bond acceptors (Lipinski definition) is 9. The number of para-hydroxylation sites is 1. The highest BCUT2D eigenvalue weighted by atomic mass is 16.5. The van der Waals surface area contributed by atoms with E-state index in [9.17, 15) is 9.90 Å². The lowest BCUT2D eigenvalue weighted by Crippen LogP contribution is -2.28. The second-order valence-corrected chi connectivity index (χ2v) is 8.63. The minimum atomic E-state index is -0.425. The molecule has 1 atom stereocenters. The van der Waals surface area contributed by atoms with Crippen molar-refractivity contribution in [2.75, 3.05) is 31.3 Å². The minimum absolute atomic E-state index is 0.0302. The highest BCUT2D eigenvalue weighted by Gasteiger charge is 2.21. The van der Waals surface area contributed by atoms with Crippen molar-refractivity contribution in [3.05, 3.63) is 47.7 Å². The summed E-state index contributed by atoms with van der Waals surface area (Å²) in [6.07, 6.45) is 3.39. The van der Waals surface area contributed by atoms with Gasteiger partial charge in [-0.05, 0) is 24.1 Å². The number of aromatic nitrogens is 4. The summed E-state index contributed by atoms with van der Waals surface area (Å²) >= 11 is 0. The smallest absolute Gasteiger partial charge is 0.231 e. The van der Waals surface area contributed by atoms with Gasteiger partial charge in [-0.25, -0.2) is 9.97 Å². The number of fused-ring (bicyclic) bond motifs is 3. The number of nitrogens with two attached hydrogens (primary N) is 2. The molecule has 0 fully saturated rings. The lowest BCUT2D eigenvalue weighted by atomic mass is 10.1. The van der Waals surface area contributed by atoms with Crippen LogP contribution in [0.15, 0.2) is 36.5 Å². The van der Waals surface area contributed by atoms with E-state index in [1.54, 1.807) is 13.3 Å². The summed E-state index contributed by atoms with van der Waals surface area (Å²) in [5.74, 6) is 0.783. The third-order valence-corrected chi connectivity index (χ3v) is 5.95. The van der Waals surface area contributed by atoms with E-state index in [0.29, 0.717) is 24.8 Å². The van der Waals surface area contributed by atoms with E-state index >= 15 is 0 Å². The summed E-state index contributed by atoms with van der Waals surface area (Å²) in [4.78, 5) is 24.6. The van der Waals surface area contributed by atoms with E-state index in [1.165, 1.54) is 0 Å². The van der Waals surface area contributed by atoms with Crippen molar-refractivity contribution < 1.29 is 14.6 Å². The zero-order chi connectivity index (χ0) is 25.7. The molecule has 1 aromatic carbocycles. The zero-order valence-corrected chi connectivity index (χ0v) is 20.5. The Hall–Kier alpha value is -3.96. The zero-order valence-electron chi connectivity index (χ0n) is 20.5. The average Bonchev–Trinajstić information content (AvgIpc) is 3.17. The van der Waals surface area contributed by atoms with Crippen molar-refractivity contribution in [3.8, 4) is 5.88 Å². The van der Waals surface area contributed by atoms with Crippen molar-refractivity contribution in [2.45, 2.75) is 38.9 Å². The Morgan fingerprint density at radius 3 is 2.81 bits per heavy atom. The van der Waals surface area contributed by atoms with Crippen molar-refractivity contribution in [2.24, 2.45) is 5.73 Å². The Labute approximate surface area is 208 Å². The number of benzene rings is 1. The van der Waals surface area contributed by atoms with Gasteiger partial charge >= 0.3 is 0 Å². The molecule has 7 N–H and O–H groups in total. The van der Waals surface area contributed by atoms with Crippen LogP contribution in [0, 0.1) is 0 Å². The number of rotatable bonds is 12. The molecule has 4 rings (SSSR count). The number of nitrogens with zero attached hydrogens (tertiary/aromatic N) is 4. The summed E-state index contributed by atoms with van der Waals surface area (Å²) < 4.78 is 7.66. The van der Waals surface area contributed by atoms with Crippen LogP contribution in [-0.2, 0) is 17.9 Å². The molecular formula is C25H32N8O3. The predicted molar refractivity (Wildman–Crippen MR) is 140 cm³/mol. The maximum atomic E-state index is 11.1. The first-order valence-electron chi connectivity index (χ1n) is 11.9. The number of carbonyl (C=O) groups is 1. The summed E-state index contributed by atoms with van der Waals surface area (Å²) in [6, 6.07) is 9.76. The highest BCUT2D eigenvalue weighted by Crippen LogP contribution is 2.34. The number of nitrogen functional groups attached to an aromatic ring is 1. The van der Waals surface area contributed by atoms with Crippen LogP contribution in [0.2, 0.25) is 0 Å². The first-order chi connectivity index (χ1) is 17.4. The van der Waals surface area contributed by atoms with Crippen LogP contribution in [0.3, 0.4) is 0 Å². The van der Waals surface area contributed by atoms with Crippen LogP contribution in [-0.4, -0.2) is 56.8 Å². The molecule has 4 aromatic rings. The summed E-state index contributed by atoms with van der Waals surface area (Å²) in [5, 5.41) is 17.2. The third-order valence-electron chi connectivity index (χ3n) is 5.95. The number of aliphatic hydroxyl groups is 1. The molecule has 3 heterocycles. The monoisotopic (exact) mass is 492 g/mol. The van der Waals surface area contributed by atoms with E-state index in [4.69, 9.17) is 16.2 Å². The summed E-state index contributed by atoms with van der Waals surface area (Å²) in [5.41, 5.74) is 15.5. The molecule has 11 heteroatoms. The van der Waals surface area contributed by atoms with Crippen molar-refractivity contribution in [3.63, 3.8) is 0 Å². The molecule has 1 amide bonds. The van der Waals surface area contributed by atoms with E-state index in [1.807, 2.05) is 30.3 Å². The number of pyridine rings is 1. The maximum Gasteiger partial charge on any atom is 0.231 e. The molecule has 0 unspecified atom stereocenters. The standard InChI is InChI=1S/C25H32N8O3/c1-3-6-17(14-34)30-23-22-21(31-25(27)32-23)18-7-4-5-8-19(18)33(22)13-16-9-15(10-28-12-20(26)35)11-29-24(16)36-2/h4-5,7-9,11,17,28,34H,3,6,10,12-14H2,1-2H3,(H2,26,35)(H3,27,30,31,32)/t17-/m0/s1. The molecule has 0 aliphatic rings. The second kappa shape index (κ2) is 11.2. The SMILES string of the molecule is CCC[C@@H](CO)Nc1nc(N)nc2c3ccccc3n(Cc3cc(CNCC(N)=O)cnc3OC)c12. The quantitative estimate of drug-likeness (QED) is 0.198. The normalized spacial score (nSPS) is 12.2. The Morgan fingerprint density at radius 1 is 1.28 bits per heavy atom. The predicted octanol–water partition coefficient (Wildman–Crippen LogP) is 1.77. The number of ether oxygens (including phenoxy) is 1. The van der Waals surface area contributed by atoms with E-state index < -0.39 is 5.91 Å². The maximum absolute atomic E-state index is 11.1. The van der Waals surface area contributed by atoms with Crippen LogP contribution in [0.5, 0.6) is 5.88 Å². The van der Waals surface area contributed by atoms with Gasteiger partial charge in [0.1, 0.15) is 11.0 Å². The Balaban J connectivity index is 1.84. The molecular weight excluding hydrogens is 460 g/mol. The Bertz CT molecular complexity index is 1370. The second-order valence-electron chi connectivity index (χ2n) is 8.63. The first kappa shape index (κ1) is 25.1. The van der Waals surface area contributed by atoms with Gasteiger partial charge in [0, 0.05) is 23.7 Å². The van der Waals surface area contributed by atoms with E-state index in [-0.39, 0.29) is 25.1 Å². The van der Waals surface area contributed by atoms with Crippen LogP contribution in [0.1, 0.15) is 30.9 Å². The molecule has 36 heavy (non-hydrogen) atoms. The van der Waals surface area contributed by atoms with E-state index in [0.717, 1.165) is 45.9 Å². The molecule has 0 bridgehead atoms. The number of primary amides is 1. The van der Waals surface area contributed by atoms with Gasteiger partial charge in [0.15, 0.2) is 5.82 Å². The van der Waals surface area contributed by atoms with Gasteiger partial charge in [-0.1, -0.05) is 31.5 Å². The van der Waals surface area contributed by atoms with Gasteiger partial charge in [-0.15, -0.1) is 0 Å². The number of methoxy groups -OCH3 is 1. The molecule has 3 aromatic heterocycles. The van der Waals surface area contributed by atoms with Crippen LogP contribution in [0.4, 0.5) is 11.8 Å². The van der Waals surface area contributed by atoms with Crippen molar-refractivity contribution >= 4 is 39.6 Å². The fourth-order valence-electron chi connectivity index (χ4n) is 4.40. The first-order valence-corrected chi connectivity index (χ1v) is 11.9. The molecule has 0 aliphatic carbocycles. The number of carbonyl (C=O) groups excluding carboxylic acids is 1. The molecule has 0 aliphatic heterocycles. The molecule has 190 valence electrons. The molecule has 0 radical (unpaired) electrons. The highest BCUT2D eigenvalue weighted by molar-refractivity contribution is 6.09. The topological polar surface area (TPSA) is 166 Å². The summed E-state index contributed by atoms with van der Waals surface area (Å²) in [7, 11) is 1.58. The van der Waals surface area contributed by atoms with Crippen LogP contribution in [0.25, 0.3) is 21.9 Å². The lowest BCUT2D eigenvalue weighted by molar-refractivity contribution is -0.117. The minimum Gasteiger partial charge on any atom is -0.481 e. The third kappa shape index (κ3) is 5.31. The Morgan fingerprint density at radius 2 is 2.08 bits per heavy atom. The van der Waals surface area contributed by atoms with Gasteiger partial charge in [0.25, 0.3) is 0 Å². The van der Waals surface area contributed by atoms with Crippen molar-refractivity contribution in [1.82, 2.24) is 24.8 Å². The van der Waals surface area contributed by atoms with Gasteiger partial charge in [-0.2, -0.15) is 4.98 Å². The number of nitrogens with one attached hydrogen (secondary N) is 2. The fraction of sp³-hybridized carbons (Fsp3) is 0.360. The molecule has 11 nitrogen and oxygen atoms in total. The number of aliphatic hydroxyl groups excluding tert-OH is 1. The number of hydrogen-bond donors (Lipinski definition) is 5. The van der Waals surface area contributed by atoms with Crippen LogP contribution >= 0.6 is 0 Å². The van der Waals surface area contributed by atoms with Crippen molar-refractivity contribution in [1.29, 1.82) is 0 Å². The molecule has 0 saturated heterocycles. The lowest BCUT2D eigenvalue weighted by Gasteiger charge is -2.18. The average molecular weight is 493 g/mol. The van der Waals surface area contributed by atoms with Gasteiger partial charge in [0.2, 0.25) is 17.7 Å². The molecule has 0 saturated carbocycles. The van der Waals surface area contributed by atoms with Gasteiger partial charge in [0.05, 0.1) is 38.4 Å². The van der Waals surface area contributed by atoms with Crippen LogP contribution < -0.4 is 26.8 Å². The Kier molecular flexibility index (Phi) is 7.81. The summed E-state index contributed by atoms with van der Waals surface area (Å²) in [6.45, 7) is 2.96. The molecule has 0 spiro atoms. The number of amides is 1. The largest absolute Gasteiger partial charge is 0.481 e. The van der Waals surface area contributed by atoms with E-state index in [2.05, 4.69) is 37.1 Å². The fourth-order valence-corrected chi connectivity index (χ4v) is 4.40.